The van der Waals surface area contributed by atoms with Gasteiger partial charge >= 0.3 is 0 Å². The Bertz CT molecular complexity index is 632. The first-order chi connectivity index (χ1) is 10.3. The van der Waals surface area contributed by atoms with E-state index < -0.39 is 9.84 Å². The molecule has 1 aliphatic heterocycles. The van der Waals surface area contributed by atoms with E-state index in [2.05, 4.69) is 43.0 Å². The van der Waals surface area contributed by atoms with Crippen LogP contribution in [-0.4, -0.2) is 44.5 Å². The first-order valence-corrected chi connectivity index (χ1v) is 10.3. The molecule has 3 rings (SSSR count). The number of sulfone groups is 1. The van der Waals surface area contributed by atoms with Gasteiger partial charge in [-0.05, 0) is 50.0 Å². The molecule has 3 nitrogen and oxygen atoms in total. The van der Waals surface area contributed by atoms with Crippen molar-refractivity contribution in [1.29, 1.82) is 0 Å². The molecule has 0 N–H and O–H groups in total. The highest BCUT2D eigenvalue weighted by Gasteiger charge is 2.48. The number of nitrogens with zero attached hydrogens (tertiary/aromatic N) is 1. The van der Waals surface area contributed by atoms with Gasteiger partial charge < -0.3 is 0 Å². The van der Waals surface area contributed by atoms with Crippen LogP contribution >= 0.6 is 0 Å². The van der Waals surface area contributed by atoms with E-state index >= 15 is 0 Å². The molecule has 0 aromatic heterocycles. The van der Waals surface area contributed by atoms with E-state index in [0.717, 1.165) is 25.9 Å². The van der Waals surface area contributed by atoms with Crippen LogP contribution in [0.15, 0.2) is 24.3 Å². The number of likely N-dealkylation sites (tertiary alicyclic amines) is 1. The van der Waals surface area contributed by atoms with E-state index in [4.69, 9.17) is 0 Å². The van der Waals surface area contributed by atoms with Crippen molar-refractivity contribution in [3.05, 3.63) is 35.4 Å². The summed E-state index contributed by atoms with van der Waals surface area (Å²) in [5, 5.41) is 0. The molecule has 2 aliphatic rings. The van der Waals surface area contributed by atoms with Crippen molar-refractivity contribution in [2.75, 3.05) is 25.1 Å². The maximum Gasteiger partial charge on any atom is 0.148 e. The highest BCUT2D eigenvalue weighted by Crippen LogP contribution is 2.49. The van der Waals surface area contributed by atoms with Crippen molar-refractivity contribution >= 4 is 9.84 Å². The maximum atomic E-state index is 11.6. The lowest BCUT2D eigenvalue weighted by Crippen LogP contribution is -2.36. The number of benzene rings is 1. The maximum absolute atomic E-state index is 11.6. The Balaban J connectivity index is 1.65. The van der Waals surface area contributed by atoms with Gasteiger partial charge in [-0.3, -0.25) is 4.90 Å². The van der Waals surface area contributed by atoms with Gasteiger partial charge in [0.1, 0.15) is 9.84 Å². The Kier molecular flexibility index (Phi) is 4.11. The van der Waals surface area contributed by atoms with Crippen LogP contribution in [0.25, 0.3) is 0 Å². The molecule has 4 heteroatoms. The average Bonchev–Trinajstić information content (AvgIpc) is 3.04. The molecule has 1 saturated carbocycles. The van der Waals surface area contributed by atoms with Crippen molar-refractivity contribution in [1.82, 2.24) is 4.90 Å². The van der Waals surface area contributed by atoms with Crippen LogP contribution in [0.1, 0.15) is 43.2 Å². The standard InChI is InChI=1S/C18H27NO2S/c1-14-4-6-16(7-5-14)17-10-15(2)19(11-17)12-18(8-9-18)13-22(3,20)21/h4-7,15,17H,8-13H2,1-3H3/t15-,17+/m0/s1. The molecule has 2 atom stereocenters. The minimum Gasteiger partial charge on any atom is -0.299 e. The van der Waals surface area contributed by atoms with E-state index in [1.165, 1.54) is 23.8 Å². The number of hydrogen-bond acceptors (Lipinski definition) is 3. The van der Waals surface area contributed by atoms with Crippen LogP contribution in [0.4, 0.5) is 0 Å². The summed E-state index contributed by atoms with van der Waals surface area (Å²) >= 11 is 0. The molecule has 1 saturated heterocycles. The van der Waals surface area contributed by atoms with Crippen LogP contribution < -0.4 is 0 Å². The van der Waals surface area contributed by atoms with E-state index in [9.17, 15) is 8.42 Å². The van der Waals surface area contributed by atoms with E-state index in [1.807, 2.05) is 0 Å². The van der Waals surface area contributed by atoms with Gasteiger partial charge in [0.25, 0.3) is 0 Å². The molecule has 1 heterocycles. The monoisotopic (exact) mass is 321 g/mol. The van der Waals surface area contributed by atoms with Crippen molar-refractivity contribution in [2.45, 2.75) is 45.1 Å². The number of hydrogen-bond donors (Lipinski definition) is 0. The Morgan fingerprint density at radius 2 is 1.86 bits per heavy atom. The van der Waals surface area contributed by atoms with Gasteiger partial charge in [-0.2, -0.15) is 0 Å². The summed E-state index contributed by atoms with van der Waals surface area (Å²) in [5.74, 6) is 0.947. The van der Waals surface area contributed by atoms with Gasteiger partial charge in [0, 0.05) is 25.4 Å². The van der Waals surface area contributed by atoms with Crippen LogP contribution in [-0.2, 0) is 9.84 Å². The molecule has 1 aromatic rings. The van der Waals surface area contributed by atoms with E-state index in [0.29, 0.717) is 17.7 Å². The molecule has 0 spiro atoms. The number of aryl methyl sites for hydroxylation is 1. The Hall–Kier alpha value is -0.870. The molecular weight excluding hydrogens is 294 g/mol. The third kappa shape index (κ3) is 3.72. The SMILES string of the molecule is Cc1ccc([C@@H]2C[C@H](C)N(CC3(CS(C)(=O)=O)CC3)C2)cc1. The first kappa shape index (κ1) is 16.0. The normalized spacial score (nSPS) is 28.0. The van der Waals surface area contributed by atoms with E-state index in [1.54, 1.807) is 0 Å². The van der Waals surface area contributed by atoms with Crippen LogP contribution in [0, 0.1) is 12.3 Å². The lowest BCUT2D eigenvalue weighted by Gasteiger charge is -2.26. The van der Waals surface area contributed by atoms with Gasteiger partial charge in [0.15, 0.2) is 0 Å². The highest BCUT2D eigenvalue weighted by molar-refractivity contribution is 7.90. The second-order valence-corrected chi connectivity index (χ2v) is 9.83. The molecule has 1 aliphatic carbocycles. The molecule has 0 bridgehead atoms. The van der Waals surface area contributed by atoms with Gasteiger partial charge in [0.05, 0.1) is 5.75 Å². The summed E-state index contributed by atoms with van der Waals surface area (Å²) < 4.78 is 23.3. The van der Waals surface area contributed by atoms with Gasteiger partial charge in [-0.25, -0.2) is 8.42 Å². The van der Waals surface area contributed by atoms with Gasteiger partial charge in [-0.15, -0.1) is 0 Å². The highest BCUT2D eigenvalue weighted by atomic mass is 32.2. The van der Waals surface area contributed by atoms with Gasteiger partial charge in [0.2, 0.25) is 0 Å². The van der Waals surface area contributed by atoms with Crippen molar-refractivity contribution in [2.24, 2.45) is 5.41 Å². The number of rotatable bonds is 5. The zero-order chi connectivity index (χ0) is 16.0. The summed E-state index contributed by atoms with van der Waals surface area (Å²) in [4.78, 5) is 2.52. The minimum atomic E-state index is -2.88. The van der Waals surface area contributed by atoms with Crippen molar-refractivity contribution in [3.63, 3.8) is 0 Å². The quantitative estimate of drug-likeness (QED) is 0.836. The second kappa shape index (κ2) is 5.64. The molecule has 0 amide bonds. The molecule has 0 unspecified atom stereocenters. The fourth-order valence-corrected chi connectivity index (χ4v) is 5.40. The van der Waals surface area contributed by atoms with Crippen LogP contribution in [0.3, 0.4) is 0 Å². The minimum absolute atomic E-state index is 0.0456. The first-order valence-electron chi connectivity index (χ1n) is 8.25. The van der Waals surface area contributed by atoms with Crippen molar-refractivity contribution < 1.29 is 8.42 Å². The summed E-state index contributed by atoms with van der Waals surface area (Å²) in [6.07, 6.45) is 4.69. The molecule has 22 heavy (non-hydrogen) atoms. The second-order valence-electron chi connectivity index (χ2n) is 7.69. The molecule has 122 valence electrons. The summed E-state index contributed by atoms with van der Waals surface area (Å²) in [6, 6.07) is 9.42. The Labute approximate surface area is 134 Å². The molecule has 1 aromatic carbocycles. The summed E-state index contributed by atoms with van der Waals surface area (Å²) in [6.45, 7) is 6.42. The Morgan fingerprint density at radius 1 is 1.23 bits per heavy atom. The fraction of sp³-hybridized carbons (Fsp3) is 0.667. The third-order valence-electron chi connectivity index (χ3n) is 5.32. The summed E-state index contributed by atoms with van der Waals surface area (Å²) in [7, 11) is -2.88. The zero-order valence-corrected chi connectivity index (χ0v) is 14.7. The predicted octanol–water partition coefficient (Wildman–Crippen LogP) is 3.00. The van der Waals surface area contributed by atoms with Gasteiger partial charge in [-0.1, -0.05) is 29.8 Å². The molecule has 0 radical (unpaired) electrons. The van der Waals surface area contributed by atoms with Crippen molar-refractivity contribution in [3.8, 4) is 0 Å². The Morgan fingerprint density at radius 3 is 2.41 bits per heavy atom. The molecule has 2 fully saturated rings. The molecular formula is C18H27NO2S. The van der Waals surface area contributed by atoms with Crippen LogP contribution in [0.2, 0.25) is 0 Å². The fourth-order valence-electron chi connectivity index (χ4n) is 3.91. The average molecular weight is 321 g/mol. The zero-order valence-electron chi connectivity index (χ0n) is 13.9. The van der Waals surface area contributed by atoms with E-state index in [-0.39, 0.29) is 5.41 Å². The largest absolute Gasteiger partial charge is 0.299 e. The topological polar surface area (TPSA) is 37.4 Å². The lowest BCUT2D eigenvalue weighted by molar-refractivity contribution is 0.222. The smallest absolute Gasteiger partial charge is 0.148 e. The third-order valence-corrected chi connectivity index (χ3v) is 6.45. The van der Waals surface area contributed by atoms with Crippen LogP contribution in [0.5, 0.6) is 0 Å². The predicted molar refractivity (Wildman–Crippen MR) is 90.9 cm³/mol. The summed E-state index contributed by atoms with van der Waals surface area (Å²) in [5.41, 5.74) is 2.77. The lowest BCUT2D eigenvalue weighted by atomic mass is 9.96.